The number of hydrogen-bond acceptors (Lipinski definition) is 19. The molecule has 0 spiro atoms. The zero-order valence-electron chi connectivity index (χ0n) is 34.0. The second-order valence-electron chi connectivity index (χ2n) is 14.3. The first kappa shape index (κ1) is 53.8. The number of nitrogens with two attached hydrogens (primary N) is 1. The molecule has 3 heterocycles. The van der Waals surface area contributed by atoms with Gasteiger partial charge in [0.2, 0.25) is 11.8 Å². The van der Waals surface area contributed by atoms with Crippen molar-refractivity contribution in [1.29, 1.82) is 0 Å². The normalized spacial score (nSPS) is 20.8. The third-order valence-electron chi connectivity index (χ3n) is 8.64. The van der Waals surface area contributed by atoms with Gasteiger partial charge < -0.3 is 56.0 Å². The summed E-state index contributed by atoms with van der Waals surface area (Å²) in [5.74, 6) is -2.03. The molecule has 0 aromatic carbocycles. The molecule has 0 aliphatic carbocycles. The maximum absolute atomic E-state index is 12.7. The number of carboxylic acid groups (broad SMARTS) is 1. The van der Waals surface area contributed by atoms with Gasteiger partial charge in [-0.25, -0.2) is 28.6 Å². The van der Waals surface area contributed by atoms with Gasteiger partial charge in [-0.2, -0.15) is 4.31 Å². The fraction of sp³-hybridized carbons (Fsp3) is 0.606. The summed E-state index contributed by atoms with van der Waals surface area (Å²) >= 11 is 1.06. The molecule has 30 heteroatoms. The lowest BCUT2D eigenvalue weighted by atomic mass is 9.87. The van der Waals surface area contributed by atoms with Crippen LogP contribution in [0.5, 0.6) is 0 Å². The van der Waals surface area contributed by atoms with Crippen LogP contribution >= 0.6 is 35.2 Å². The molecule has 1 aliphatic heterocycles. The Kier molecular flexibility index (Phi) is 21.1. The molecular formula is C33H52N7O19P3S. The van der Waals surface area contributed by atoms with E-state index in [1.165, 1.54) is 13.8 Å². The summed E-state index contributed by atoms with van der Waals surface area (Å²) in [5, 5.41) is 35.0. The molecule has 354 valence electrons. The van der Waals surface area contributed by atoms with Crippen molar-refractivity contribution in [1.82, 2.24) is 30.2 Å². The van der Waals surface area contributed by atoms with Crippen LogP contribution in [0.25, 0.3) is 11.2 Å². The van der Waals surface area contributed by atoms with Crippen LogP contribution in [0.4, 0.5) is 5.82 Å². The van der Waals surface area contributed by atoms with Crippen molar-refractivity contribution in [3.05, 3.63) is 37.0 Å². The number of anilines is 1. The fourth-order valence-corrected chi connectivity index (χ4v) is 8.96. The van der Waals surface area contributed by atoms with Gasteiger partial charge in [0.15, 0.2) is 22.8 Å². The van der Waals surface area contributed by atoms with E-state index in [0.717, 1.165) is 41.8 Å². The molecule has 1 aliphatic rings. The minimum absolute atomic E-state index is 0.0237. The van der Waals surface area contributed by atoms with Gasteiger partial charge in [0, 0.05) is 43.5 Å². The Morgan fingerprint density at radius 2 is 1.57 bits per heavy atom. The van der Waals surface area contributed by atoms with Gasteiger partial charge in [0.25, 0.3) is 0 Å². The molecular weight excluding hydrogens is 923 g/mol. The quantitative estimate of drug-likeness (QED) is 0.0325. The van der Waals surface area contributed by atoms with Crippen LogP contribution in [0.15, 0.2) is 37.0 Å². The van der Waals surface area contributed by atoms with Crippen LogP contribution in [0.1, 0.15) is 65.0 Å². The smallest absolute Gasteiger partial charge is 0.481 e. The van der Waals surface area contributed by atoms with Crippen molar-refractivity contribution in [3.8, 4) is 0 Å². The van der Waals surface area contributed by atoms with Gasteiger partial charge in [0.05, 0.1) is 19.5 Å². The number of phosphoric ester groups is 3. The van der Waals surface area contributed by atoms with Crippen LogP contribution in [-0.2, 0) is 55.5 Å². The number of phosphoric acid groups is 3. The number of amides is 2. The Balaban J connectivity index is 1.38. The average molecular weight is 976 g/mol. The highest BCUT2D eigenvalue weighted by Gasteiger charge is 2.50. The molecule has 63 heavy (non-hydrogen) atoms. The van der Waals surface area contributed by atoms with Crippen molar-refractivity contribution in [2.45, 2.75) is 89.4 Å². The molecule has 1 fully saturated rings. The number of allylic oxidation sites excluding steroid dienone is 4. The fourth-order valence-electron chi connectivity index (χ4n) is 5.44. The topological polar surface area (TPSA) is 401 Å². The summed E-state index contributed by atoms with van der Waals surface area (Å²) in [4.78, 5) is 98.4. The Labute approximate surface area is 364 Å². The summed E-state index contributed by atoms with van der Waals surface area (Å²) < 4.78 is 62.2. The standard InChI is InChI=1S/C33H52N7O19P3S/c1-33(2,28(46)31(47)36-14-13-22(41)35-15-16-63-24(44)12-10-8-6-4-3-5-7-9-11-23(42)43)18-56-62(53,54)59-61(51,52)55-17-21-27(58-60(48,49)50)26(45)32(57-21)40-20-39-25-29(34)37-19-38-30(25)40/h5-8,19-21,26-28,32,45-46H,3-4,9-18H2,1-2H3,(H,35,41)(H,36,47)(H,42,43)(H,51,52)(H,53,54)(H2,34,37,38)(H2,48,49,50)/b7-5+,8-6+. The minimum atomic E-state index is -5.59. The molecule has 7 atom stereocenters. The van der Waals surface area contributed by atoms with Crippen LogP contribution < -0.4 is 16.4 Å². The third-order valence-corrected chi connectivity index (χ3v) is 12.7. The average Bonchev–Trinajstić information content (AvgIpc) is 3.75. The lowest BCUT2D eigenvalue weighted by Crippen LogP contribution is -2.46. The molecule has 2 aromatic heterocycles. The van der Waals surface area contributed by atoms with Crippen LogP contribution in [0.2, 0.25) is 0 Å². The largest absolute Gasteiger partial charge is 0.481 e. The molecule has 26 nitrogen and oxygen atoms in total. The van der Waals surface area contributed by atoms with E-state index in [1.54, 1.807) is 0 Å². The van der Waals surface area contributed by atoms with Crippen LogP contribution in [0.3, 0.4) is 0 Å². The summed E-state index contributed by atoms with van der Waals surface area (Å²) in [5.41, 5.74) is 4.23. The van der Waals surface area contributed by atoms with E-state index in [4.69, 9.17) is 24.6 Å². The lowest BCUT2D eigenvalue weighted by Gasteiger charge is -2.30. The molecule has 0 saturated carbocycles. The van der Waals surface area contributed by atoms with Gasteiger partial charge in [-0.3, -0.25) is 37.3 Å². The van der Waals surface area contributed by atoms with E-state index in [9.17, 15) is 62.7 Å². The Morgan fingerprint density at radius 1 is 0.937 bits per heavy atom. The number of ether oxygens (including phenoxy) is 1. The first-order valence-corrected chi connectivity index (χ1v) is 24.5. The Morgan fingerprint density at radius 3 is 2.22 bits per heavy atom. The van der Waals surface area contributed by atoms with E-state index >= 15 is 0 Å². The summed E-state index contributed by atoms with van der Waals surface area (Å²) in [6, 6.07) is 0. The Hall–Kier alpha value is -3.49. The molecule has 2 aromatic rings. The second-order valence-corrected chi connectivity index (χ2v) is 19.7. The highest BCUT2D eigenvalue weighted by Crippen LogP contribution is 2.61. The summed E-state index contributed by atoms with van der Waals surface area (Å²) in [6.45, 7) is 0.401. The minimum Gasteiger partial charge on any atom is -0.481 e. The van der Waals surface area contributed by atoms with E-state index in [1.807, 2.05) is 24.3 Å². The number of hydrogen-bond donors (Lipinski definition) is 10. The molecule has 2 amide bonds. The number of thioether (sulfide) groups is 1. The molecule has 1 saturated heterocycles. The number of nitrogens with one attached hydrogen (secondary N) is 2. The van der Waals surface area contributed by atoms with Gasteiger partial charge in [-0.15, -0.1) is 0 Å². The van der Waals surface area contributed by atoms with Crippen molar-refractivity contribution < 1.29 is 90.4 Å². The number of nitrogen functional groups attached to an aromatic ring is 1. The van der Waals surface area contributed by atoms with Gasteiger partial charge in [0.1, 0.15) is 36.3 Å². The number of carboxylic acids is 1. The number of carbonyl (C=O) groups is 4. The van der Waals surface area contributed by atoms with E-state index in [0.29, 0.717) is 25.0 Å². The Bertz CT molecular complexity index is 2090. The number of fused-ring (bicyclic) bond motifs is 1. The first-order chi connectivity index (χ1) is 29.4. The number of aliphatic hydroxyl groups excluding tert-OH is 2. The van der Waals surface area contributed by atoms with Crippen molar-refractivity contribution in [3.63, 3.8) is 0 Å². The van der Waals surface area contributed by atoms with Crippen LogP contribution in [-0.4, -0.2) is 134 Å². The number of unbranched alkanes of at least 4 members (excludes halogenated alkanes) is 1. The van der Waals surface area contributed by atoms with E-state index in [2.05, 4.69) is 34.4 Å². The molecule has 3 rings (SSSR count). The predicted octanol–water partition coefficient (Wildman–Crippen LogP) is 1.20. The monoisotopic (exact) mass is 975 g/mol. The van der Waals surface area contributed by atoms with E-state index in [-0.39, 0.29) is 48.0 Å². The SMILES string of the molecule is CC(C)(COP(=O)(O)OP(=O)(O)OCC1OC(n2cnc3c(N)ncnc32)C(O)C1OP(=O)(O)O)C(O)C(=O)NCCC(=O)NCCSC(=O)CC/C=C/CC/C=C/CCC(=O)O. The highest BCUT2D eigenvalue weighted by molar-refractivity contribution is 8.13. The number of aromatic nitrogens is 4. The second kappa shape index (κ2) is 24.7. The third kappa shape index (κ3) is 18.9. The van der Waals surface area contributed by atoms with E-state index < -0.39 is 90.5 Å². The van der Waals surface area contributed by atoms with Crippen molar-refractivity contribution in [2.75, 3.05) is 37.8 Å². The van der Waals surface area contributed by atoms with Gasteiger partial charge in [-0.1, -0.05) is 49.9 Å². The predicted molar refractivity (Wildman–Crippen MR) is 221 cm³/mol. The van der Waals surface area contributed by atoms with Crippen molar-refractivity contribution in [2.24, 2.45) is 5.41 Å². The van der Waals surface area contributed by atoms with Crippen LogP contribution in [0, 0.1) is 5.41 Å². The highest BCUT2D eigenvalue weighted by atomic mass is 32.2. The molecule has 7 unspecified atom stereocenters. The first-order valence-electron chi connectivity index (χ1n) is 19.0. The summed E-state index contributed by atoms with van der Waals surface area (Å²) in [7, 11) is -16.4. The number of aliphatic hydroxyl groups is 2. The molecule has 0 bridgehead atoms. The maximum Gasteiger partial charge on any atom is 0.481 e. The zero-order valence-corrected chi connectivity index (χ0v) is 37.5. The van der Waals surface area contributed by atoms with Gasteiger partial charge >= 0.3 is 29.4 Å². The number of nitrogens with zero attached hydrogens (tertiary/aromatic N) is 4. The number of imidazole rings is 1. The number of aliphatic carboxylic acids is 1. The van der Waals surface area contributed by atoms with Gasteiger partial charge in [-0.05, 0) is 25.7 Å². The number of carbonyl (C=O) groups excluding carboxylic acids is 3. The zero-order chi connectivity index (χ0) is 47.0. The summed E-state index contributed by atoms with van der Waals surface area (Å²) in [6.07, 6.45) is 3.53. The molecule has 11 N–H and O–H groups in total. The molecule has 0 radical (unpaired) electrons. The number of rotatable bonds is 28. The maximum atomic E-state index is 12.7. The lowest BCUT2D eigenvalue weighted by molar-refractivity contribution is -0.137. The van der Waals surface area contributed by atoms with Crippen molar-refractivity contribution >= 4 is 75.1 Å².